The molecule has 122 valence electrons. The molecule has 5 heteroatoms. The van der Waals surface area contributed by atoms with Gasteiger partial charge in [0.15, 0.2) is 0 Å². The highest BCUT2D eigenvalue weighted by Gasteiger charge is 2.59. The summed E-state index contributed by atoms with van der Waals surface area (Å²) in [5, 5.41) is 9.11. The Hall–Kier alpha value is -2.30. The molecule has 23 heavy (non-hydrogen) atoms. The van der Waals surface area contributed by atoms with Gasteiger partial charge in [-0.1, -0.05) is 12.7 Å². The molecule has 2 fully saturated rings. The number of hydrogen-bond donors (Lipinski definition) is 1. The maximum Gasteiger partial charge on any atom is 0.307 e. The zero-order valence-electron chi connectivity index (χ0n) is 13.0. The molecule has 1 amide bonds. The standard InChI is InChI=1S/C18H21NO4/c1-2-11-23-14-5-3-13(4-6-14)16(20)19-9-7-18(8-10-19)12-15(18)17(21)22/h2-6,15H,1,7-12H2,(H,21,22). The van der Waals surface area contributed by atoms with Crippen LogP contribution in [0.25, 0.3) is 0 Å². The van der Waals surface area contributed by atoms with Gasteiger partial charge in [-0.2, -0.15) is 0 Å². The number of carboxylic acids is 1. The molecular formula is C18H21NO4. The molecule has 1 saturated carbocycles. The largest absolute Gasteiger partial charge is 0.490 e. The van der Waals surface area contributed by atoms with E-state index in [1.165, 1.54) is 0 Å². The van der Waals surface area contributed by atoms with Crippen LogP contribution in [0.4, 0.5) is 0 Å². The van der Waals surface area contributed by atoms with E-state index >= 15 is 0 Å². The van der Waals surface area contributed by atoms with Crippen LogP contribution in [0, 0.1) is 11.3 Å². The Morgan fingerprint density at radius 3 is 2.48 bits per heavy atom. The average Bonchev–Trinajstić information content (AvgIpc) is 3.27. The second kappa shape index (κ2) is 6.07. The van der Waals surface area contributed by atoms with E-state index < -0.39 is 5.97 Å². The summed E-state index contributed by atoms with van der Waals surface area (Å²) < 4.78 is 5.41. The molecule has 0 aromatic heterocycles. The number of benzene rings is 1. The predicted octanol–water partition coefficient (Wildman–Crippen LogP) is 2.58. The minimum Gasteiger partial charge on any atom is -0.490 e. The molecular weight excluding hydrogens is 294 g/mol. The van der Waals surface area contributed by atoms with Crippen LogP contribution in [0.15, 0.2) is 36.9 Å². The third kappa shape index (κ3) is 3.09. The molecule has 0 radical (unpaired) electrons. The van der Waals surface area contributed by atoms with Gasteiger partial charge in [0.1, 0.15) is 12.4 Å². The summed E-state index contributed by atoms with van der Waals surface area (Å²) in [4.78, 5) is 25.4. The van der Waals surface area contributed by atoms with Crippen LogP contribution in [0.1, 0.15) is 29.6 Å². The van der Waals surface area contributed by atoms with Crippen LogP contribution in [0.2, 0.25) is 0 Å². The summed E-state index contributed by atoms with van der Waals surface area (Å²) >= 11 is 0. The summed E-state index contributed by atoms with van der Waals surface area (Å²) in [7, 11) is 0. The molecule has 1 atom stereocenters. The second-order valence-electron chi connectivity index (χ2n) is 6.37. The number of carboxylic acid groups (broad SMARTS) is 1. The molecule has 1 aromatic rings. The number of piperidine rings is 1. The van der Waals surface area contributed by atoms with Crippen LogP contribution in [0.5, 0.6) is 5.75 Å². The number of carbonyl (C=O) groups excluding carboxylic acids is 1. The Labute approximate surface area is 135 Å². The van der Waals surface area contributed by atoms with Crippen LogP contribution in [0.3, 0.4) is 0 Å². The van der Waals surface area contributed by atoms with Crippen molar-refractivity contribution in [2.45, 2.75) is 19.3 Å². The Balaban J connectivity index is 1.57. The van der Waals surface area contributed by atoms with Crippen molar-refractivity contribution in [2.24, 2.45) is 11.3 Å². The number of hydrogen-bond acceptors (Lipinski definition) is 3. The van der Waals surface area contributed by atoms with Crippen LogP contribution in [-0.4, -0.2) is 41.6 Å². The first-order chi connectivity index (χ1) is 11.1. The number of carbonyl (C=O) groups is 2. The van der Waals surface area contributed by atoms with Crippen LogP contribution >= 0.6 is 0 Å². The summed E-state index contributed by atoms with van der Waals surface area (Å²) in [5.41, 5.74) is 0.586. The molecule has 1 aliphatic heterocycles. The SMILES string of the molecule is C=CCOc1ccc(C(=O)N2CCC3(CC2)CC3C(=O)O)cc1. The lowest BCUT2D eigenvalue weighted by atomic mass is 9.90. The first kappa shape index (κ1) is 15.6. The summed E-state index contributed by atoms with van der Waals surface area (Å²) in [6.45, 7) is 5.30. The van der Waals surface area contributed by atoms with Crippen molar-refractivity contribution in [3.63, 3.8) is 0 Å². The summed E-state index contributed by atoms with van der Waals surface area (Å²) in [6, 6.07) is 7.09. The molecule has 1 unspecified atom stereocenters. The molecule has 5 nitrogen and oxygen atoms in total. The Bertz CT molecular complexity index is 614. The Kier molecular flexibility index (Phi) is 4.11. The van der Waals surface area contributed by atoms with E-state index in [4.69, 9.17) is 9.84 Å². The first-order valence-corrected chi connectivity index (χ1v) is 7.91. The molecule has 0 bridgehead atoms. The molecule has 1 aromatic carbocycles. The number of aliphatic carboxylic acids is 1. The molecule has 1 aliphatic carbocycles. The monoisotopic (exact) mass is 315 g/mol. The Morgan fingerprint density at radius 2 is 1.96 bits per heavy atom. The average molecular weight is 315 g/mol. The van der Waals surface area contributed by atoms with Gasteiger partial charge in [0, 0.05) is 18.7 Å². The number of nitrogens with zero attached hydrogens (tertiary/aromatic N) is 1. The number of likely N-dealkylation sites (tertiary alicyclic amines) is 1. The highest BCUT2D eigenvalue weighted by molar-refractivity contribution is 5.94. The third-order valence-corrected chi connectivity index (χ3v) is 5.00. The van der Waals surface area contributed by atoms with Crippen molar-refractivity contribution in [1.29, 1.82) is 0 Å². The van der Waals surface area contributed by atoms with Crippen molar-refractivity contribution in [1.82, 2.24) is 4.90 Å². The normalized spacial score (nSPS) is 21.7. The fourth-order valence-electron chi connectivity index (χ4n) is 3.44. The smallest absolute Gasteiger partial charge is 0.307 e. The van der Waals surface area contributed by atoms with E-state index in [2.05, 4.69) is 6.58 Å². The van der Waals surface area contributed by atoms with Gasteiger partial charge < -0.3 is 14.7 Å². The highest BCUT2D eigenvalue weighted by Crippen LogP contribution is 2.59. The topological polar surface area (TPSA) is 66.8 Å². The third-order valence-electron chi connectivity index (χ3n) is 5.00. The second-order valence-corrected chi connectivity index (χ2v) is 6.37. The van der Waals surface area contributed by atoms with Crippen molar-refractivity contribution in [3.8, 4) is 5.75 Å². The van der Waals surface area contributed by atoms with E-state index in [1.54, 1.807) is 30.3 Å². The van der Waals surface area contributed by atoms with Crippen molar-refractivity contribution < 1.29 is 19.4 Å². The number of amides is 1. The maximum atomic E-state index is 12.5. The van der Waals surface area contributed by atoms with Crippen molar-refractivity contribution in [3.05, 3.63) is 42.5 Å². The van der Waals surface area contributed by atoms with Gasteiger partial charge in [-0.05, 0) is 48.9 Å². The lowest BCUT2D eigenvalue weighted by Crippen LogP contribution is -2.40. The summed E-state index contributed by atoms with van der Waals surface area (Å²) in [6.07, 6.45) is 4.01. The fourth-order valence-corrected chi connectivity index (χ4v) is 3.44. The van der Waals surface area contributed by atoms with E-state index in [-0.39, 0.29) is 17.2 Å². The van der Waals surface area contributed by atoms with Crippen molar-refractivity contribution in [2.75, 3.05) is 19.7 Å². The van der Waals surface area contributed by atoms with E-state index in [0.29, 0.717) is 31.0 Å². The van der Waals surface area contributed by atoms with E-state index in [1.807, 2.05) is 4.90 Å². The van der Waals surface area contributed by atoms with Gasteiger partial charge in [-0.15, -0.1) is 0 Å². The van der Waals surface area contributed by atoms with Crippen LogP contribution in [-0.2, 0) is 4.79 Å². The molecule has 1 saturated heterocycles. The van der Waals surface area contributed by atoms with Gasteiger partial charge in [-0.25, -0.2) is 0 Å². The molecule has 1 spiro atoms. The first-order valence-electron chi connectivity index (χ1n) is 7.91. The zero-order valence-corrected chi connectivity index (χ0v) is 13.0. The lowest BCUT2D eigenvalue weighted by molar-refractivity contribution is -0.139. The minimum atomic E-state index is -0.695. The van der Waals surface area contributed by atoms with Gasteiger partial charge in [0.25, 0.3) is 5.91 Å². The quantitative estimate of drug-likeness (QED) is 0.848. The Morgan fingerprint density at radius 1 is 1.30 bits per heavy atom. The lowest BCUT2D eigenvalue weighted by Gasteiger charge is -2.32. The van der Waals surface area contributed by atoms with Gasteiger partial charge in [0.05, 0.1) is 5.92 Å². The predicted molar refractivity (Wildman–Crippen MR) is 85.4 cm³/mol. The van der Waals surface area contributed by atoms with Gasteiger partial charge in [-0.3, -0.25) is 9.59 Å². The number of ether oxygens (including phenoxy) is 1. The number of rotatable bonds is 5. The van der Waals surface area contributed by atoms with Crippen LogP contribution < -0.4 is 4.74 Å². The van der Waals surface area contributed by atoms with E-state index in [9.17, 15) is 9.59 Å². The highest BCUT2D eigenvalue weighted by atomic mass is 16.5. The van der Waals surface area contributed by atoms with Crippen molar-refractivity contribution >= 4 is 11.9 Å². The molecule has 1 heterocycles. The molecule has 3 rings (SSSR count). The minimum absolute atomic E-state index is 0.00245. The summed E-state index contributed by atoms with van der Waals surface area (Å²) in [5.74, 6) is -0.190. The van der Waals surface area contributed by atoms with E-state index in [0.717, 1.165) is 19.3 Å². The molecule has 2 aliphatic rings. The zero-order chi connectivity index (χ0) is 16.4. The van der Waals surface area contributed by atoms with Gasteiger partial charge in [0.2, 0.25) is 0 Å². The maximum absolute atomic E-state index is 12.5. The van der Waals surface area contributed by atoms with Gasteiger partial charge >= 0.3 is 5.97 Å². The molecule has 1 N–H and O–H groups in total. The fraction of sp³-hybridized carbons (Fsp3) is 0.444.